The average Bonchev–Trinajstić information content (AvgIpc) is 3.55. The lowest BCUT2D eigenvalue weighted by Gasteiger charge is -2.46. The number of hydrogen-bond donors (Lipinski definition) is 0. The van der Waals surface area contributed by atoms with E-state index in [0.29, 0.717) is 5.56 Å². The molecule has 0 radical (unpaired) electrons. The lowest BCUT2D eigenvalue weighted by Crippen LogP contribution is -2.75. The van der Waals surface area contributed by atoms with Crippen molar-refractivity contribution < 1.29 is 124 Å². The van der Waals surface area contributed by atoms with Crippen molar-refractivity contribution in [3.63, 3.8) is 0 Å². The van der Waals surface area contributed by atoms with E-state index in [2.05, 4.69) is 47.8 Å². The van der Waals surface area contributed by atoms with Crippen molar-refractivity contribution in [2.24, 2.45) is 0 Å². The van der Waals surface area contributed by atoms with Gasteiger partial charge in [0.2, 0.25) is 17.8 Å². The Kier molecular flexibility index (Phi) is 18.2. The highest BCUT2D eigenvalue weighted by Crippen LogP contribution is 2.42. The van der Waals surface area contributed by atoms with Gasteiger partial charge < -0.3 is 4.74 Å². The summed E-state index contributed by atoms with van der Waals surface area (Å²) in [6, 6.07) is 11.2. The van der Waals surface area contributed by atoms with Crippen molar-refractivity contribution in [3.8, 4) is 0 Å². The molecule has 0 aliphatic rings. The van der Waals surface area contributed by atoms with Gasteiger partial charge >= 0.3 is 55.4 Å². The number of pyridine rings is 1. The number of alkyl halides is 27. The Morgan fingerprint density at radius 1 is 0.373 bits per heavy atom. The molecule has 1 heterocycles. The van der Waals surface area contributed by atoms with Crippen LogP contribution in [0.4, 0.5) is 105 Å². The zero-order valence-corrected chi connectivity index (χ0v) is 44.7. The summed E-state index contributed by atoms with van der Waals surface area (Å²) >= 11 is 9.46. The molecule has 0 spiro atoms. The Hall–Kier alpha value is -6.31. The summed E-state index contributed by atoms with van der Waals surface area (Å²) in [5, 5.41) is 0.924. The van der Waals surface area contributed by atoms with Gasteiger partial charge in [0.15, 0.2) is 0 Å². The molecule has 0 atom stereocenters. The van der Waals surface area contributed by atoms with Crippen LogP contribution in [0.15, 0.2) is 140 Å². The second-order valence-corrected chi connectivity index (χ2v) is 24.3. The van der Waals surface area contributed by atoms with E-state index in [1.807, 2.05) is 48.5 Å². The van der Waals surface area contributed by atoms with Crippen LogP contribution in [0.25, 0.3) is 10.9 Å². The largest absolute Gasteiger partial charge is 0.419 e. The molecule has 32 heteroatoms. The highest BCUT2D eigenvalue weighted by atomic mass is 80.0. The molecule has 7 rings (SSSR count). The van der Waals surface area contributed by atoms with E-state index in [1.54, 1.807) is 22.8 Å². The Morgan fingerprint density at radius 2 is 0.651 bits per heavy atom. The van der Waals surface area contributed by atoms with Crippen LogP contribution in [0.2, 0.25) is 0 Å². The molecule has 83 heavy (non-hydrogen) atoms. The molecule has 6 aromatic carbocycles. The zero-order valence-electron chi connectivity index (χ0n) is 39.9. The van der Waals surface area contributed by atoms with Crippen molar-refractivity contribution in [2.75, 3.05) is 0 Å². The molecule has 0 N–H and O–H groups in total. The third-order valence-corrected chi connectivity index (χ3v) is 12.7. The molecule has 0 fully saturated rings. The summed E-state index contributed by atoms with van der Waals surface area (Å²) in [5.74, 6) is -0.675. The number of carbonyl (C=O) groups excluding carboxylic acids is 2. The lowest BCUT2D eigenvalue weighted by molar-refractivity contribution is -0.659. The number of benzene rings is 6. The van der Waals surface area contributed by atoms with Crippen molar-refractivity contribution in [1.29, 1.82) is 0 Å². The number of carbonyl (C=O) groups is 2. The predicted octanol–water partition coefficient (Wildman–Crippen LogP) is 16.2. The fourth-order valence-electron chi connectivity index (χ4n) is 8.70. The van der Waals surface area contributed by atoms with E-state index in [0.717, 1.165) is 10.9 Å². The van der Waals surface area contributed by atoms with Crippen LogP contribution in [0, 0.1) is 0 Å². The van der Waals surface area contributed by atoms with Crippen molar-refractivity contribution in [2.45, 2.75) is 58.3 Å². The van der Waals surface area contributed by atoms with Gasteiger partial charge in [-0.15, -0.1) is 0 Å². The second kappa shape index (κ2) is 22.9. The Labute approximate surface area is 474 Å². The molecular formula is C51H25BBr3F24NO3. The molecule has 444 valence electrons. The Morgan fingerprint density at radius 3 is 0.928 bits per heavy atom. The van der Waals surface area contributed by atoms with E-state index < -0.39 is 203 Å². The average molecular weight is 1410 g/mol. The molecule has 7 aromatic rings. The number of hydrogen-bond acceptors (Lipinski definition) is 3. The first-order valence-electron chi connectivity index (χ1n) is 22.3. The molecule has 4 nitrogen and oxygen atoms in total. The van der Waals surface area contributed by atoms with Gasteiger partial charge in [0, 0.05) is 23.1 Å². The van der Waals surface area contributed by atoms with Gasteiger partial charge in [-0.3, -0.25) is 4.79 Å². The zero-order chi connectivity index (χ0) is 62.6. The van der Waals surface area contributed by atoms with Crippen LogP contribution in [0.5, 0.6) is 0 Å². The van der Waals surface area contributed by atoms with Crippen molar-refractivity contribution in [3.05, 3.63) is 195 Å². The molecule has 0 bridgehead atoms. The number of ether oxygens (including phenoxy) is 1. The maximum absolute atomic E-state index is 14.2. The van der Waals surface area contributed by atoms with Gasteiger partial charge in [-0.05, 0) is 84.2 Å². The van der Waals surface area contributed by atoms with Gasteiger partial charge in [-0.1, -0.05) is 91.0 Å². The fourth-order valence-corrected chi connectivity index (χ4v) is 9.14. The smallest absolute Gasteiger partial charge is 0.416 e. The van der Waals surface area contributed by atoms with Crippen molar-refractivity contribution in [1.82, 2.24) is 0 Å². The maximum atomic E-state index is 14.2. The summed E-state index contributed by atoms with van der Waals surface area (Å²) in [4.78, 5) is 25.3. The molecule has 1 aromatic heterocycles. The van der Waals surface area contributed by atoms with E-state index in [1.165, 1.54) is 0 Å². The van der Waals surface area contributed by atoms with Gasteiger partial charge in [0.05, 0.1) is 44.5 Å². The molecular weight excluding hydrogens is 1380 g/mol. The Balaban J connectivity index is 0.000000352. The third kappa shape index (κ3) is 15.5. The number of rotatable bonds is 8. The number of Topliss-reactive ketones (excluding diaryl/α,β-unsaturated/α-hetero) is 1. The third-order valence-electron chi connectivity index (χ3n) is 12.2. The van der Waals surface area contributed by atoms with Gasteiger partial charge in [0.25, 0.3) is 8.02 Å². The highest BCUT2D eigenvalue weighted by Gasteiger charge is 2.47. The summed E-state index contributed by atoms with van der Waals surface area (Å²) in [6.45, 7) is 0.0235. The predicted molar refractivity (Wildman–Crippen MR) is 260 cm³/mol. The SMILES string of the molecule is FC(F)(F)c1cc([B-](c2cc(C(F)(F)F)cc(C(F)(F)F)c2)(c2cc(C(F)(F)F)cc(C(F)(F)F)c2)c2cc(C(F)(F)F)cc(C(F)(F)F)c2)cc(C(F)(F)F)c1.O=C(C[n+]1c(C(=O)OC(Br)(Br)Br)ccc2ccccc21)c1ccccc1. The van der Waals surface area contributed by atoms with Crippen molar-refractivity contribution >= 4 is 98.4 Å². The standard InChI is InChI=1S/C32H12BF24.C19H13Br3NO3/c34-25(35,36)13-1-14(26(37,38)39)6-21(5-13)33(22-7-15(27(40,41)42)2-16(8-22)28(43,44)45,23-9-17(29(46,47)48)3-18(10-23)30(49,50)51)24-11-19(31(52,53)54)4-20(12-24)32(55,56)57;20-19(21,22)26-18(25)16-11-10-13-6-4-5-9-15(13)23(16)12-17(24)14-7-2-1-3-8-14/h1-12H;1-11H,12H2/q-1;+1. The monoisotopic (exact) mass is 1400 g/mol. The summed E-state index contributed by atoms with van der Waals surface area (Å²) in [6.07, 6.45) is -54.8. The molecule has 0 aliphatic carbocycles. The molecule has 0 unspecified atom stereocenters. The van der Waals surface area contributed by atoms with E-state index in [-0.39, 0.29) is 18.0 Å². The first-order valence-corrected chi connectivity index (χ1v) is 24.6. The summed E-state index contributed by atoms with van der Waals surface area (Å²) in [5.41, 5.74) is -28.6. The topological polar surface area (TPSA) is 47.2 Å². The number of para-hydroxylation sites is 1. The number of aromatic nitrogens is 1. The van der Waals surface area contributed by atoms with E-state index in [4.69, 9.17) is 4.74 Å². The molecule has 0 saturated heterocycles. The van der Waals surface area contributed by atoms with Gasteiger partial charge in [-0.2, -0.15) is 132 Å². The number of halogens is 27. The van der Waals surface area contributed by atoms with Crippen LogP contribution in [-0.4, -0.2) is 20.2 Å². The summed E-state index contributed by atoms with van der Waals surface area (Å²) in [7, 11) is 0. The minimum absolute atomic E-state index is 0.0235. The number of ketones is 1. The maximum Gasteiger partial charge on any atom is 0.416 e. The molecule has 0 amide bonds. The highest BCUT2D eigenvalue weighted by molar-refractivity contribution is 9.39. The first-order chi connectivity index (χ1) is 37.6. The number of fused-ring (bicyclic) bond motifs is 1. The van der Waals surface area contributed by atoms with Crippen LogP contribution in [0.1, 0.15) is 65.4 Å². The quantitative estimate of drug-likeness (QED) is 0.0380. The Bertz CT molecular complexity index is 3130. The number of esters is 1. The minimum Gasteiger partial charge on any atom is -0.419 e. The summed E-state index contributed by atoms with van der Waals surface area (Å²) < 4.78 is 347. The van der Waals surface area contributed by atoms with Gasteiger partial charge in [0.1, 0.15) is 6.15 Å². The molecule has 0 saturated carbocycles. The number of nitrogens with zero attached hydrogens (tertiary/aromatic N) is 1. The van der Waals surface area contributed by atoms with Crippen LogP contribution >= 0.6 is 47.8 Å². The molecule has 0 aliphatic heterocycles. The van der Waals surface area contributed by atoms with E-state index >= 15 is 0 Å². The van der Waals surface area contributed by atoms with Crippen LogP contribution in [0.3, 0.4) is 0 Å². The second-order valence-electron chi connectivity index (χ2n) is 17.7. The lowest BCUT2D eigenvalue weighted by atomic mass is 9.12. The van der Waals surface area contributed by atoms with Crippen LogP contribution < -0.4 is 26.4 Å². The first kappa shape index (κ1) is 65.8. The van der Waals surface area contributed by atoms with Gasteiger partial charge in [-0.25, -0.2) is 4.79 Å². The van der Waals surface area contributed by atoms with E-state index in [9.17, 15) is 115 Å². The van der Waals surface area contributed by atoms with Crippen LogP contribution in [-0.2, 0) is 60.7 Å². The normalized spacial score (nSPS) is 13.4. The minimum atomic E-state index is -6.13. The fraction of sp³-hybridized carbons (Fsp3) is 0.196.